The monoisotopic (exact) mass is 476 g/mol. The predicted molar refractivity (Wildman–Crippen MR) is 141 cm³/mol. The maximum Gasteiger partial charge on any atom is 0.222 e. The topological polar surface area (TPSA) is 77.8 Å². The molecule has 3 heterocycles. The molecule has 7 nitrogen and oxygen atoms in total. The van der Waals surface area contributed by atoms with Gasteiger partial charge >= 0.3 is 0 Å². The highest BCUT2D eigenvalue weighted by molar-refractivity contribution is 5.93. The Morgan fingerprint density at radius 1 is 0.889 bits per heavy atom. The summed E-state index contributed by atoms with van der Waals surface area (Å²) in [6.07, 6.45) is 13.6. The van der Waals surface area contributed by atoms with Crippen LogP contribution in [0.15, 0.2) is 91.8 Å². The molecule has 3 aromatic heterocycles. The second-order valence-corrected chi connectivity index (χ2v) is 9.23. The maximum absolute atomic E-state index is 6.09. The highest BCUT2D eigenvalue weighted by Crippen LogP contribution is 2.37. The van der Waals surface area contributed by atoms with E-state index in [9.17, 15) is 0 Å². The molecular weight excluding hydrogens is 448 g/mol. The van der Waals surface area contributed by atoms with Crippen LogP contribution in [0.4, 0.5) is 5.95 Å². The first-order valence-corrected chi connectivity index (χ1v) is 12.4. The Morgan fingerprint density at radius 3 is 2.56 bits per heavy atom. The second kappa shape index (κ2) is 10.2. The zero-order chi connectivity index (χ0) is 24.2. The summed E-state index contributed by atoms with van der Waals surface area (Å²) in [6.45, 7) is 0.542. The quantitative estimate of drug-likeness (QED) is 0.307. The summed E-state index contributed by atoms with van der Waals surface area (Å²) in [5, 5.41) is 4.55. The van der Waals surface area contributed by atoms with Gasteiger partial charge in [-0.05, 0) is 55.0 Å². The molecular formula is C29H28N6O. The molecule has 0 bridgehead atoms. The first kappa shape index (κ1) is 22.2. The summed E-state index contributed by atoms with van der Waals surface area (Å²) < 4.78 is 8.44. The fourth-order valence-corrected chi connectivity index (χ4v) is 5.05. The Kier molecular flexibility index (Phi) is 6.27. The van der Waals surface area contributed by atoms with Crippen LogP contribution < -0.4 is 10.1 Å². The van der Waals surface area contributed by atoms with Crippen LogP contribution in [0.25, 0.3) is 22.2 Å². The van der Waals surface area contributed by atoms with Gasteiger partial charge in [0.1, 0.15) is 24.3 Å². The Morgan fingerprint density at radius 2 is 1.72 bits per heavy atom. The molecule has 1 N–H and O–H groups in total. The Balaban J connectivity index is 1.21. The lowest BCUT2D eigenvalue weighted by molar-refractivity contribution is 0.306. The molecule has 0 spiro atoms. The lowest BCUT2D eigenvalue weighted by Gasteiger charge is -2.30. The van der Waals surface area contributed by atoms with Crippen LogP contribution in [0.5, 0.6) is 5.75 Å². The number of ether oxygens (including phenoxy) is 1. The number of hydrogen-bond acceptors (Lipinski definition) is 6. The van der Waals surface area contributed by atoms with Crippen LogP contribution in [0.3, 0.4) is 0 Å². The minimum atomic E-state index is 0.387. The van der Waals surface area contributed by atoms with Gasteiger partial charge < -0.3 is 14.6 Å². The van der Waals surface area contributed by atoms with Crippen LogP contribution in [0, 0.1) is 0 Å². The predicted octanol–water partition coefficient (Wildman–Crippen LogP) is 6.06. The van der Waals surface area contributed by atoms with Gasteiger partial charge in [0.15, 0.2) is 0 Å². The summed E-state index contributed by atoms with van der Waals surface area (Å²) >= 11 is 0. The third-order valence-electron chi connectivity index (χ3n) is 6.88. The lowest BCUT2D eigenvalue weighted by Crippen LogP contribution is -2.28. The SMILES string of the molecule is c1ccc(COc2cccc(-c3cn(C4CCC(Nc5ncccn5)CC4)c4ncncc34)c2)cc1. The summed E-state index contributed by atoms with van der Waals surface area (Å²) in [5.74, 6) is 1.56. The molecule has 7 heteroatoms. The molecule has 6 rings (SSSR count). The highest BCUT2D eigenvalue weighted by atomic mass is 16.5. The fraction of sp³-hybridized carbons (Fsp3) is 0.241. The van der Waals surface area contributed by atoms with Gasteiger partial charge in [-0.2, -0.15) is 0 Å². The third-order valence-corrected chi connectivity index (χ3v) is 6.88. The molecule has 0 saturated heterocycles. The van der Waals surface area contributed by atoms with Gasteiger partial charge in [0, 0.05) is 47.8 Å². The minimum Gasteiger partial charge on any atom is -0.489 e. The molecule has 1 fully saturated rings. The summed E-state index contributed by atoms with van der Waals surface area (Å²) in [7, 11) is 0. The molecule has 5 aromatic rings. The second-order valence-electron chi connectivity index (χ2n) is 9.23. The van der Waals surface area contributed by atoms with E-state index in [0.29, 0.717) is 24.6 Å². The third kappa shape index (κ3) is 4.77. The van der Waals surface area contributed by atoms with Crippen molar-refractivity contribution in [2.45, 2.75) is 44.4 Å². The number of fused-ring (bicyclic) bond motifs is 1. The molecule has 2 aromatic carbocycles. The largest absolute Gasteiger partial charge is 0.489 e. The van der Waals surface area contributed by atoms with Crippen LogP contribution in [0.2, 0.25) is 0 Å². The number of hydrogen-bond donors (Lipinski definition) is 1. The van der Waals surface area contributed by atoms with Gasteiger partial charge in [-0.3, -0.25) is 0 Å². The smallest absolute Gasteiger partial charge is 0.222 e. The lowest BCUT2D eigenvalue weighted by atomic mass is 9.91. The Bertz CT molecular complexity index is 1430. The van der Waals surface area contributed by atoms with Crippen LogP contribution in [0.1, 0.15) is 37.3 Å². The van der Waals surface area contributed by atoms with Crippen molar-refractivity contribution in [3.8, 4) is 16.9 Å². The van der Waals surface area contributed by atoms with E-state index >= 15 is 0 Å². The van der Waals surface area contributed by atoms with Gasteiger partial charge in [-0.1, -0.05) is 42.5 Å². The molecule has 1 aliphatic carbocycles. The molecule has 0 unspecified atom stereocenters. The first-order valence-electron chi connectivity index (χ1n) is 12.4. The van der Waals surface area contributed by atoms with Crippen molar-refractivity contribution >= 4 is 17.0 Å². The van der Waals surface area contributed by atoms with Gasteiger partial charge in [-0.15, -0.1) is 0 Å². The number of aromatic nitrogens is 5. The average Bonchev–Trinajstić information content (AvgIpc) is 3.34. The summed E-state index contributed by atoms with van der Waals surface area (Å²) in [6, 6.07) is 21.1. The van der Waals surface area contributed by atoms with Crippen LogP contribution >= 0.6 is 0 Å². The number of nitrogens with one attached hydrogen (secondary N) is 1. The standard InChI is InChI=1S/C29H28N6O/c1-2-6-21(7-3-1)19-36-25-9-4-8-22(16-25)27-18-35(28-26(27)17-30-20-33-28)24-12-10-23(11-13-24)34-29-31-14-5-15-32-29/h1-9,14-18,20,23-24H,10-13,19H2,(H,31,32,34). The van der Waals surface area contributed by atoms with E-state index in [2.05, 4.69) is 60.3 Å². The zero-order valence-electron chi connectivity index (χ0n) is 20.0. The average molecular weight is 477 g/mol. The van der Waals surface area contributed by atoms with Gasteiger partial charge in [0.2, 0.25) is 5.95 Å². The number of benzene rings is 2. The van der Waals surface area contributed by atoms with Gasteiger partial charge in [0.25, 0.3) is 0 Å². The van der Waals surface area contributed by atoms with E-state index in [0.717, 1.165) is 59.2 Å². The first-order chi connectivity index (χ1) is 17.8. The normalized spacial score (nSPS) is 17.7. The van der Waals surface area contributed by atoms with E-state index in [1.807, 2.05) is 42.6 Å². The van der Waals surface area contributed by atoms with Crippen molar-refractivity contribution in [3.05, 3.63) is 97.3 Å². The van der Waals surface area contributed by atoms with E-state index < -0.39 is 0 Å². The van der Waals surface area contributed by atoms with Crippen molar-refractivity contribution in [1.29, 1.82) is 0 Å². The van der Waals surface area contributed by atoms with Crippen molar-refractivity contribution in [2.75, 3.05) is 5.32 Å². The molecule has 180 valence electrons. The number of anilines is 1. The molecule has 0 aliphatic heterocycles. The van der Waals surface area contributed by atoms with Crippen molar-refractivity contribution in [1.82, 2.24) is 24.5 Å². The Labute approximate surface area is 210 Å². The molecule has 0 amide bonds. The zero-order valence-corrected chi connectivity index (χ0v) is 20.0. The molecule has 1 saturated carbocycles. The van der Waals surface area contributed by atoms with E-state index in [4.69, 9.17) is 4.74 Å². The summed E-state index contributed by atoms with van der Waals surface area (Å²) in [4.78, 5) is 17.6. The van der Waals surface area contributed by atoms with Gasteiger partial charge in [-0.25, -0.2) is 19.9 Å². The molecule has 36 heavy (non-hydrogen) atoms. The van der Waals surface area contributed by atoms with Gasteiger partial charge in [0.05, 0.1) is 0 Å². The minimum absolute atomic E-state index is 0.387. The maximum atomic E-state index is 6.09. The van der Waals surface area contributed by atoms with Crippen molar-refractivity contribution < 1.29 is 4.74 Å². The Hall–Kier alpha value is -4.26. The molecule has 1 aliphatic rings. The highest BCUT2D eigenvalue weighted by Gasteiger charge is 2.25. The van der Waals surface area contributed by atoms with Crippen molar-refractivity contribution in [3.63, 3.8) is 0 Å². The molecule has 0 radical (unpaired) electrons. The van der Waals surface area contributed by atoms with E-state index in [-0.39, 0.29) is 0 Å². The number of rotatable bonds is 7. The van der Waals surface area contributed by atoms with Crippen LogP contribution in [-0.4, -0.2) is 30.5 Å². The van der Waals surface area contributed by atoms with Crippen molar-refractivity contribution in [2.24, 2.45) is 0 Å². The van der Waals surface area contributed by atoms with E-state index in [1.165, 1.54) is 0 Å². The molecule has 0 atom stereocenters. The van der Waals surface area contributed by atoms with E-state index in [1.54, 1.807) is 18.7 Å². The van der Waals surface area contributed by atoms with Crippen LogP contribution in [-0.2, 0) is 6.61 Å². The summed E-state index contributed by atoms with van der Waals surface area (Å²) in [5.41, 5.74) is 4.37. The number of nitrogens with zero attached hydrogens (tertiary/aromatic N) is 5. The fourth-order valence-electron chi connectivity index (χ4n) is 5.05.